The first-order chi connectivity index (χ1) is 8.72. The van der Waals surface area contributed by atoms with Gasteiger partial charge in [0.15, 0.2) is 0 Å². The van der Waals surface area contributed by atoms with Crippen LogP contribution in [-0.2, 0) is 0 Å². The van der Waals surface area contributed by atoms with Crippen LogP contribution >= 0.6 is 27.3 Å². The molecule has 2 saturated heterocycles. The third kappa shape index (κ3) is 2.55. The zero-order chi connectivity index (χ0) is 12.5. The van der Waals surface area contributed by atoms with Crippen LogP contribution in [0.1, 0.15) is 23.8 Å². The monoisotopic (exact) mass is 329 g/mol. The first kappa shape index (κ1) is 12.4. The summed E-state index contributed by atoms with van der Waals surface area (Å²) in [5.74, 6) is 0. The lowest BCUT2D eigenvalue weighted by Crippen LogP contribution is -2.39. The van der Waals surface area contributed by atoms with Gasteiger partial charge in [-0.05, 0) is 41.4 Å². The van der Waals surface area contributed by atoms with Crippen LogP contribution in [0.4, 0.5) is 4.79 Å². The summed E-state index contributed by atoms with van der Waals surface area (Å²) >= 11 is 5.14. The number of hydrogen-bond donors (Lipinski definition) is 2. The fourth-order valence-electron chi connectivity index (χ4n) is 2.60. The Hall–Kier alpha value is -0.590. The molecule has 6 heteroatoms. The first-order valence-electron chi connectivity index (χ1n) is 6.25. The number of carbonyl (C=O) groups excluding carboxylic acids is 1. The smallest absolute Gasteiger partial charge is 0.318 e. The van der Waals surface area contributed by atoms with Crippen LogP contribution in [0.3, 0.4) is 0 Å². The number of nitrogens with zero attached hydrogens (tertiary/aromatic N) is 1. The molecule has 4 nitrogen and oxygen atoms in total. The minimum absolute atomic E-state index is 0.0678. The lowest BCUT2D eigenvalue weighted by atomic mass is 10.2. The van der Waals surface area contributed by atoms with Crippen molar-refractivity contribution in [3.8, 4) is 0 Å². The summed E-state index contributed by atoms with van der Waals surface area (Å²) in [6.07, 6.45) is 2.40. The third-order valence-electron chi connectivity index (χ3n) is 3.52. The minimum Gasteiger partial charge on any atom is -0.329 e. The van der Waals surface area contributed by atoms with Gasteiger partial charge in [0.05, 0.1) is 6.04 Å². The van der Waals surface area contributed by atoms with Gasteiger partial charge in [0.2, 0.25) is 0 Å². The Morgan fingerprint density at radius 1 is 1.56 bits per heavy atom. The van der Waals surface area contributed by atoms with E-state index < -0.39 is 0 Å². The van der Waals surface area contributed by atoms with Gasteiger partial charge in [-0.1, -0.05) is 0 Å². The quantitative estimate of drug-likeness (QED) is 0.893. The Kier molecular flexibility index (Phi) is 3.59. The molecule has 0 saturated carbocycles. The van der Waals surface area contributed by atoms with Crippen molar-refractivity contribution in [3.63, 3.8) is 0 Å². The van der Waals surface area contributed by atoms with Crippen LogP contribution < -0.4 is 10.6 Å². The van der Waals surface area contributed by atoms with E-state index in [0.717, 1.165) is 24.1 Å². The number of hydrogen-bond acceptors (Lipinski definition) is 3. The van der Waals surface area contributed by atoms with Crippen LogP contribution in [0.25, 0.3) is 0 Å². The van der Waals surface area contributed by atoms with Gasteiger partial charge in [-0.2, -0.15) is 0 Å². The molecule has 0 radical (unpaired) electrons. The summed E-state index contributed by atoms with van der Waals surface area (Å²) in [6, 6.07) is 2.78. The number of nitrogens with one attached hydrogen (secondary N) is 2. The molecule has 2 fully saturated rings. The van der Waals surface area contributed by atoms with Gasteiger partial charge in [0.1, 0.15) is 0 Å². The van der Waals surface area contributed by atoms with Crippen molar-refractivity contribution < 1.29 is 4.79 Å². The number of urea groups is 1. The maximum absolute atomic E-state index is 11.9. The van der Waals surface area contributed by atoms with E-state index in [4.69, 9.17) is 0 Å². The van der Waals surface area contributed by atoms with Gasteiger partial charge in [-0.3, -0.25) is 0 Å². The maximum Gasteiger partial charge on any atom is 0.318 e. The van der Waals surface area contributed by atoms with Gasteiger partial charge in [0, 0.05) is 33.9 Å². The predicted molar refractivity (Wildman–Crippen MR) is 75.9 cm³/mol. The normalized spacial score (nSPS) is 27.8. The van der Waals surface area contributed by atoms with E-state index >= 15 is 0 Å². The zero-order valence-corrected chi connectivity index (χ0v) is 12.4. The van der Waals surface area contributed by atoms with Crippen molar-refractivity contribution in [1.29, 1.82) is 0 Å². The highest BCUT2D eigenvalue weighted by atomic mass is 79.9. The number of halogens is 1. The molecule has 2 unspecified atom stereocenters. The molecule has 3 heterocycles. The van der Waals surface area contributed by atoms with Crippen molar-refractivity contribution in [2.45, 2.75) is 24.9 Å². The Morgan fingerprint density at radius 3 is 3.11 bits per heavy atom. The highest BCUT2D eigenvalue weighted by molar-refractivity contribution is 9.10. The van der Waals surface area contributed by atoms with Crippen LogP contribution in [0.15, 0.2) is 15.9 Å². The molecule has 2 aliphatic rings. The average molecular weight is 330 g/mol. The predicted octanol–water partition coefficient (Wildman–Crippen LogP) is 2.33. The Bertz CT molecular complexity index is 444. The van der Waals surface area contributed by atoms with E-state index in [0.29, 0.717) is 6.04 Å². The zero-order valence-electron chi connectivity index (χ0n) is 9.99. The molecule has 2 atom stereocenters. The standard InChI is InChI=1S/C12H16BrN3OS/c13-8-4-11(18-7-8)10-6-16(12(17)15-10)5-9-2-1-3-14-9/h4,7,9-10,14H,1-3,5-6H2,(H,15,17). The summed E-state index contributed by atoms with van der Waals surface area (Å²) in [4.78, 5) is 15.1. The Morgan fingerprint density at radius 2 is 2.44 bits per heavy atom. The highest BCUT2D eigenvalue weighted by Gasteiger charge is 2.32. The van der Waals surface area contributed by atoms with E-state index in [2.05, 4.69) is 38.0 Å². The van der Waals surface area contributed by atoms with Gasteiger partial charge in [0.25, 0.3) is 0 Å². The molecule has 0 aromatic carbocycles. The number of thiophene rings is 1. The molecule has 0 spiro atoms. The fraction of sp³-hybridized carbons (Fsp3) is 0.583. The number of rotatable bonds is 3. The van der Waals surface area contributed by atoms with Crippen LogP contribution in [0.5, 0.6) is 0 Å². The van der Waals surface area contributed by atoms with E-state index in [1.165, 1.54) is 17.7 Å². The second-order valence-corrected chi connectivity index (χ2v) is 6.73. The molecule has 1 aromatic rings. The fourth-order valence-corrected chi connectivity index (χ4v) is 4.09. The van der Waals surface area contributed by atoms with E-state index in [1.807, 2.05) is 4.90 Å². The van der Waals surface area contributed by atoms with Gasteiger partial charge < -0.3 is 15.5 Å². The lowest BCUT2D eigenvalue weighted by molar-refractivity contribution is 0.213. The van der Waals surface area contributed by atoms with Gasteiger partial charge in [-0.15, -0.1) is 11.3 Å². The SMILES string of the molecule is O=C1NC(c2cc(Br)cs2)CN1CC1CCCN1. The van der Waals surface area contributed by atoms with Crippen molar-refractivity contribution in [3.05, 3.63) is 20.8 Å². The summed E-state index contributed by atoms with van der Waals surface area (Å²) < 4.78 is 1.09. The van der Waals surface area contributed by atoms with Crippen molar-refractivity contribution in [1.82, 2.24) is 15.5 Å². The number of carbonyl (C=O) groups is 1. The molecule has 2 N–H and O–H groups in total. The first-order valence-corrected chi connectivity index (χ1v) is 7.92. The number of amides is 2. The van der Waals surface area contributed by atoms with E-state index in [9.17, 15) is 4.79 Å². The Balaban J connectivity index is 1.62. The third-order valence-corrected chi connectivity index (χ3v) is 5.33. The second kappa shape index (κ2) is 5.19. The topological polar surface area (TPSA) is 44.4 Å². The summed E-state index contributed by atoms with van der Waals surface area (Å²) in [5.41, 5.74) is 0. The van der Waals surface area contributed by atoms with E-state index in [-0.39, 0.29) is 12.1 Å². The maximum atomic E-state index is 11.9. The summed E-state index contributed by atoms with van der Waals surface area (Å²) in [5, 5.41) is 8.55. The minimum atomic E-state index is 0.0678. The molecule has 3 rings (SSSR count). The van der Waals surface area contributed by atoms with Gasteiger partial charge in [-0.25, -0.2) is 4.79 Å². The molecule has 1 aromatic heterocycles. The molecule has 2 amide bonds. The summed E-state index contributed by atoms with van der Waals surface area (Å²) in [7, 11) is 0. The average Bonchev–Trinajstić information content (AvgIpc) is 3.03. The molecule has 2 aliphatic heterocycles. The van der Waals surface area contributed by atoms with Crippen LogP contribution in [0, 0.1) is 0 Å². The van der Waals surface area contributed by atoms with Crippen molar-refractivity contribution in [2.75, 3.05) is 19.6 Å². The lowest BCUT2D eigenvalue weighted by Gasteiger charge is -2.19. The summed E-state index contributed by atoms with van der Waals surface area (Å²) in [6.45, 7) is 2.69. The van der Waals surface area contributed by atoms with Crippen LogP contribution in [0.2, 0.25) is 0 Å². The largest absolute Gasteiger partial charge is 0.329 e. The molecule has 0 bridgehead atoms. The molecule has 0 aliphatic carbocycles. The van der Waals surface area contributed by atoms with Crippen LogP contribution in [-0.4, -0.2) is 36.6 Å². The molecule has 98 valence electrons. The van der Waals surface area contributed by atoms with Gasteiger partial charge >= 0.3 is 6.03 Å². The van der Waals surface area contributed by atoms with Crippen molar-refractivity contribution in [2.24, 2.45) is 0 Å². The molecular formula is C12H16BrN3OS. The highest BCUT2D eigenvalue weighted by Crippen LogP contribution is 2.29. The Labute approximate surface area is 119 Å². The molecule has 18 heavy (non-hydrogen) atoms. The van der Waals surface area contributed by atoms with E-state index in [1.54, 1.807) is 11.3 Å². The van der Waals surface area contributed by atoms with Crippen molar-refractivity contribution >= 4 is 33.3 Å². The molecular weight excluding hydrogens is 314 g/mol. The second-order valence-electron chi connectivity index (χ2n) is 4.87.